The summed E-state index contributed by atoms with van der Waals surface area (Å²) in [7, 11) is -0.954. The normalized spacial score (nSPS) is 14.6. The monoisotopic (exact) mass is 534 g/mol. The number of benzene rings is 2. The van der Waals surface area contributed by atoms with Crippen molar-refractivity contribution < 1.29 is 13.7 Å². The van der Waals surface area contributed by atoms with Crippen molar-refractivity contribution in [2.75, 3.05) is 5.75 Å². The van der Waals surface area contributed by atoms with Gasteiger partial charge in [0.15, 0.2) is 0 Å². The molecule has 1 aliphatic rings. The van der Waals surface area contributed by atoms with E-state index in [9.17, 15) is 9.00 Å². The lowest BCUT2D eigenvalue weighted by Crippen LogP contribution is -2.16. The zero-order valence-electron chi connectivity index (χ0n) is 22.9. The van der Waals surface area contributed by atoms with Gasteiger partial charge in [-0.1, -0.05) is 19.1 Å². The van der Waals surface area contributed by atoms with Gasteiger partial charge in [0, 0.05) is 34.6 Å². The first kappa shape index (κ1) is 29.0. The third-order valence-corrected chi connectivity index (χ3v) is 7.44. The molecule has 1 unspecified atom stereocenters. The average molecular weight is 535 g/mol. The van der Waals surface area contributed by atoms with Gasteiger partial charge < -0.3 is 15.8 Å². The minimum absolute atomic E-state index is 0.154. The van der Waals surface area contributed by atoms with Crippen LogP contribution >= 0.6 is 0 Å². The molecule has 8 heteroatoms. The number of aliphatic imine (C=N–C) groups is 1. The van der Waals surface area contributed by atoms with Crippen LogP contribution in [0.15, 0.2) is 70.4 Å². The Morgan fingerprint density at radius 1 is 1.18 bits per heavy atom. The van der Waals surface area contributed by atoms with Gasteiger partial charge in [-0.2, -0.15) is 0 Å². The zero-order chi connectivity index (χ0) is 27.7. The molecule has 1 aromatic heterocycles. The summed E-state index contributed by atoms with van der Waals surface area (Å²) < 4.78 is 18.8. The van der Waals surface area contributed by atoms with E-state index in [-0.39, 0.29) is 5.54 Å². The second kappa shape index (κ2) is 13.3. The van der Waals surface area contributed by atoms with E-state index < -0.39 is 10.8 Å². The number of carbonyl (C=O) groups excluding carboxylic acids is 1. The fraction of sp³-hybridized carbons (Fsp3) is 0.367. The summed E-state index contributed by atoms with van der Waals surface area (Å²) in [6.07, 6.45) is 8.58. The van der Waals surface area contributed by atoms with E-state index in [1.807, 2.05) is 51.1 Å². The molecular formula is C30H38N4O3S. The molecule has 202 valence electrons. The van der Waals surface area contributed by atoms with Crippen molar-refractivity contribution >= 4 is 34.3 Å². The Kier molecular flexibility index (Phi) is 10.2. The van der Waals surface area contributed by atoms with Crippen LogP contribution in [0, 0.1) is 12.8 Å². The van der Waals surface area contributed by atoms with Gasteiger partial charge in [-0.25, -0.2) is 0 Å². The Morgan fingerprint density at radius 2 is 1.95 bits per heavy atom. The lowest BCUT2D eigenvalue weighted by molar-refractivity contribution is -0.108. The number of aromatic nitrogens is 1. The lowest BCUT2D eigenvalue weighted by atomic mass is 10.1. The maximum absolute atomic E-state index is 12.6. The second-order valence-electron chi connectivity index (χ2n) is 10.3. The topological polar surface area (TPSA) is 107 Å². The number of allylic oxidation sites excluding steroid dienone is 1. The number of hydrogen-bond donors (Lipinski definition) is 2. The molecule has 0 aliphatic heterocycles. The van der Waals surface area contributed by atoms with Crippen LogP contribution in [0.3, 0.4) is 0 Å². The third-order valence-electron chi connectivity index (χ3n) is 5.88. The SMILES string of the molecule is CC(C)(C)N=C/C(=C\N)NC=O.CCc1ccc(Oc2ccnc3ccc(S(=O)CC4CC4)cc23)c(C)c1. The van der Waals surface area contributed by atoms with Crippen LogP contribution in [-0.4, -0.2) is 33.1 Å². The molecule has 7 nitrogen and oxygen atoms in total. The molecule has 0 radical (unpaired) electrons. The summed E-state index contributed by atoms with van der Waals surface area (Å²) >= 11 is 0. The van der Waals surface area contributed by atoms with E-state index in [4.69, 9.17) is 10.5 Å². The molecule has 1 fully saturated rings. The number of ether oxygens (including phenoxy) is 1. The van der Waals surface area contributed by atoms with Crippen LogP contribution in [-0.2, 0) is 22.0 Å². The summed E-state index contributed by atoms with van der Waals surface area (Å²) in [6, 6.07) is 14.0. The molecule has 3 aromatic rings. The highest BCUT2D eigenvalue weighted by atomic mass is 32.2. The van der Waals surface area contributed by atoms with E-state index in [0.717, 1.165) is 45.0 Å². The molecule has 1 atom stereocenters. The highest BCUT2D eigenvalue weighted by molar-refractivity contribution is 7.85. The number of aryl methyl sites for hydroxylation is 2. The van der Waals surface area contributed by atoms with E-state index in [0.29, 0.717) is 18.0 Å². The van der Waals surface area contributed by atoms with Crippen molar-refractivity contribution in [3.8, 4) is 11.5 Å². The van der Waals surface area contributed by atoms with Crippen molar-refractivity contribution in [1.82, 2.24) is 10.3 Å². The van der Waals surface area contributed by atoms with E-state index in [2.05, 4.69) is 41.3 Å². The van der Waals surface area contributed by atoms with E-state index in [1.54, 1.807) is 6.20 Å². The maximum Gasteiger partial charge on any atom is 0.211 e. The third kappa shape index (κ3) is 8.80. The Morgan fingerprint density at radius 3 is 2.55 bits per heavy atom. The van der Waals surface area contributed by atoms with Gasteiger partial charge in [-0.05, 0) is 94.3 Å². The molecule has 1 aliphatic carbocycles. The summed E-state index contributed by atoms with van der Waals surface area (Å²) in [5, 5.41) is 3.32. The van der Waals surface area contributed by atoms with Gasteiger partial charge in [0.2, 0.25) is 6.41 Å². The molecule has 1 saturated carbocycles. The molecule has 1 amide bonds. The Labute approximate surface area is 228 Å². The zero-order valence-corrected chi connectivity index (χ0v) is 23.7. The minimum Gasteiger partial charge on any atom is -0.456 e. The number of hydrogen-bond acceptors (Lipinski definition) is 6. The van der Waals surface area contributed by atoms with Gasteiger partial charge in [-0.15, -0.1) is 0 Å². The van der Waals surface area contributed by atoms with Crippen LogP contribution in [0.1, 0.15) is 51.7 Å². The molecule has 4 rings (SSSR count). The highest BCUT2D eigenvalue weighted by Gasteiger charge is 2.24. The number of nitrogens with two attached hydrogens (primary N) is 1. The molecule has 2 aromatic carbocycles. The van der Waals surface area contributed by atoms with Gasteiger partial charge in [0.25, 0.3) is 0 Å². The highest BCUT2D eigenvalue weighted by Crippen LogP contribution is 2.34. The number of pyridine rings is 1. The number of fused-ring (bicyclic) bond motifs is 1. The van der Waals surface area contributed by atoms with Gasteiger partial charge in [0.05, 0.1) is 27.6 Å². The Bertz CT molecular complexity index is 1340. The number of nitrogens with one attached hydrogen (secondary N) is 1. The Balaban J connectivity index is 0.000000284. The molecule has 0 bridgehead atoms. The molecule has 38 heavy (non-hydrogen) atoms. The quantitative estimate of drug-likeness (QED) is 0.266. The second-order valence-corrected chi connectivity index (χ2v) is 11.8. The van der Waals surface area contributed by atoms with Crippen LogP contribution in [0.2, 0.25) is 0 Å². The van der Waals surface area contributed by atoms with Crippen molar-refractivity contribution in [3.63, 3.8) is 0 Å². The number of nitrogens with zero attached hydrogens (tertiary/aromatic N) is 2. The number of amides is 1. The lowest BCUT2D eigenvalue weighted by Gasteiger charge is -2.12. The summed E-state index contributed by atoms with van der Waals surface area (Å²) in [5.41, 5.74) is 8.83. The molecule has 3 N–H and O–H groups in total. The van der Waals surface area contributed by atoms with Crippen LogP contribution < -0.4 is 15.8 Å². The smallest absolute Gasteiger partial charge is 0.211 e. The molecule has 0 spiro atoms. The van der Waals surface area contributed by atoms with Crippen molar-refractivity contribution in [2.24, 2.45) is 16.6 Å². The van der Waals surface area contributed by atoms with Gasteiger partial charge >= 0.3 is 0 Å². The molecular weight excluding hydrogens is 496 g/mol. The van der Waals surface area contributed by atoms with Crippen molar-refractivity contribution in [1.29, 1.82) is 0 Å². The largest absolute Gasteiger partial charge is 0.456 e. The van der Waals surface area contributed by atoms with Crippen LogP contribution in [0.5, 0.6) is 11.5 Å². The fourth-order valence-corrected chi connectivity index (χ4v) is 4.97. The molecule has 0 saturated heterocycles. The first-order chi connectivity index (χ1) is 18.1. The van der Waals surface area contributed by atoms with Crippen LogP contribution in [0.4, 0.5) is 0 Å². The van der Waals surface area contributed by atoms with Crippen molar-refractivity contribution in [3.05, 3.63) is 71.7 Å². The Hall–Kier alpha value is -3.52. The first-order valence-electron chi connectivity index (χ1n) is 12.8. The standard InChI is InChI=1S/C22H23NO2S.C8H15N3O/c1-3-16-6-9-21(15(2)12-16)25-22-10-11-23-20-8-7-18(13-19(20)22)26(24)14-17-4-5-17;1-8(2,3)11-5-7(4-9)10-6-12/h6-13,17H,3-5,14H2,1-2H3;4-6H,9H2,1-3H3,(H,10,12)/b;7-4+,11-5?. The van der Waals surface area contributed by atoms with Crippen LogP contribution in [0.25, 0.3) is 10.9 Å². The number of carbonyl (C=O) groups is 1. The number of rotatable bonds is 9. The van der Waals surface area contributed by atoms with E-state index >= 15 is 0 Å². The summed E-state index contributed by atoms with van der Waals surface area (Å²) in [6.45, 7) is 10.1. The van der Waals surface area contributed by atoms with E-state index in [1.165, 1.54) is 30.8 Å². The summed E-state index contributed by atoms with van der Waals surface area (Å²) in [5.74, 6) is 3.00. The first-order valence-corrected chi connectivity index (χ1v) is 14.2. The van der Waals surface area contributed by atoms with Crippen molar-refractivity contribution in [2.45, 2.75) is 64.3 Å². The predicted molar refractivity (Wildman–Crippen MR) is 156 cm³/mol. The predicted octanol–water partition coefficient (Wildman–Crippen LogP) is 5.82. The maximum atomic E-state index is 12.6. The minimum atomic E-state index is -0.954. The fourth-order valence-electron chi connectivity index (χ4n) is 3.55. The van der Waals surface area contributed by atoms with Gasteiger partial charge in [0.1, 0.15) is 11.5 Å². The molecule has 1 heterocycles. The average Bonchev–Trinajstić information content (AvgIpc) is 3.71. The summed E-state index contributed by atoms with van der Waals surface area (Å²) in [4.78, 5) is 19.5. The van der Waals surface area contributed by atoms with Gasteiger partial charge in [-0.3, -0.25) is 19.0 Å².